The van der Waals surface area contributed by atoms with Gasteiger partial charge in [-0.3, -0.25) is 14.4 Å². The van der Waals surface area contributed by atoms with Gasteiger partial charge < -0.3 is 15.4 Å². The van der Waals surface area contributed by atoms with Crippen molar-refractivity contribution in [3.63, 3.8) is 0 Å². The van der Waals surface area contributed by atoms with Gasteiger partial charge in [0.15, 0.2) is 0 Å². The largest absolute Gasteiger partial charge is 0.460 e. The molecule has 10 heteroatoms. The minimum absolute atomic E-state index is 0.00618. The normalized spacial score (nSPS) is 12.5. The van der Waals surface area contributed by atoms with Crippen LogP contribution in [0.4, 0.5) is 0 Å². The van der Waals surface area contributed by atoms with E-state index in [1.807, 2.05) is 6.92 Å². The SMILES string of the molecule is C/C=C/COC(=O)CNC(=O)CCNC(=O)[C@@H](NS(=O)(=O)c1ccc(C)cc1)C(C)C. The van der Waals surface area contributed by atoms with E-state index < -0.39 is 33.8 Å². The van der Waals surface area contributed by atoms with E-state index >= 15 is 0 Å². The highest BCUT2D eigenvalue weighted by Gasteiger charge is 2.28. The van der Waals surface area contributed by atoms with Gasteiger partial charge in [0.2, 0.25) is 21.8 Å². The lowest BCUT2D eigenvalue weighted by Gasteiger charge is -2.21. The first-order valence-corrected chi connectivity index (χ1v) is 11.4. The number of rotatable bonds is 12. The molecule has 3 N–H and O–H groups in total. The van der Waals surface area contributed by atoms with Gasteiger partial charge >= 0.3 is 5.97 Å². The summed E-state index contributed by atoms with van der Waals surface area (Å²) >= 11 is 0. The molecule has 1 atom stereocenters. The van der Waals surface area contributed by atoms with Crippen molar-refractivity contribution in [2.24, 2.45) is 5.92 Å². The Bertz CT molecular complexity index is 879. The molecule has 0 saturated carbocycles. The molecule has 0 bridgehead atoms. The molecule has 2 amide bonds. The quantitative estimate of drug-likeness (QED) is 0.320. The standard InChI is InChI=1S/C21H31N3O6S/c1-5-6-13-30-19(26)14-23-18(25)11-12-22-21(27)20(15(2)3)24-31(28,29)17-9-7-16(4)8-10-17/h5-10,15,20,24H,11-14H2,1-4H3,(H,22,27)(H,23,25)/b6-5+/t20-/m0/s1. The van der Waals surface area contributed by atoms with Crippen LogP contribution < -0.4 is 15.4 Å². The fourth-order valence-electron chi connectivity index (χ4n) is 2.40. The fourth-order valence-corrected chi connectivity index (χ4v) is 3.75. The van der Waals surface area contributed by atoms with E-state index in [4.69, 9.17) is 4.74 Å². The van der Waals surface area contributed by atoms with Crippen molar-refractivity contribution in [3.05, 3.63) is 42.0 Å². The minimum Gasteiger partial charge on any atom is -0.460 e. The van der Waals surface area contributed by atoms with Crippen molar-refractivity contribution in [2.45, 2.75) is 45.1 Å². The molecule has 1 rings (SSSR count). The third-order valence-corrected chi connectivity index (χ3v) is 5.68. The summed E-state index contributed by atoms with van der Waals surface area (Å²) in [5.74, 6) is -1.87. The maximum absolute atomic E-state index is 12.6. The number of carbonyl (C=O) groups excluding carboxylic acids is 3. The maximum Gasteiger partial charge on any atom is 0.325 e. The number of nitrogens with one attached hydrogen (secondary N) is 3. The third kappa shape index (κ3) is 9.75. The highest BCUT2D eigenvalue weighted by atomic mass is 32.2. The average Bonchev–Trinajstić information content (AvgIpc) is 2.70. The van der Waals surface area contributed by atoms with Crippen molar-refractivity contribution >= 4 is 27.8 Å². The summed E-state index contributed by atoms with van der Waals surface area (Å²) in [5, 5.41) is 4.95. The van der Waals surface area contributed by atoms with E-state index in [1.165, 1.54) is 12.1 Å². The Morgan fingerprint density at radius 1 is 1.10 bits per heavy atom. The highest BCUT2D eigenvalue weighted by molar-refractivity contribution is 7.89. The summed E-state index contributed by atoms with van der Waals surface area (Å²) in [4.78, 5) is 35.8. The summed E-state index contributed by atoms with van der Waals surface area (Å²) in [6.45, 7) is 6.93. The average molecular weight is 454 g/mol. The number of ether oxygens (including phenoxy) is 1. The molecule has 0 fully saturated rings. The smallest absolute Gasteiger partial charge is 0.325 e. The Kier molecular flexibility index (Phi) is 10.9. The summed E-state index contributed by atoms with van der Waals surface area (Å²) in [5.41, 5.74) is 0.918. The molecule has 0 aliphatic carbocycles. The molecule has 9 nitrogen and oxygen atoms in total. The van der Waals surface area contributed by atoms with Gasteiger partial charge in [0.25, 0.3) is 0 Å². The number of benzene rings is 1. The zero-order valence-corrected chi connectivity index (χ0v) is 19.1. The van der Waals surface area contributed by atoms with Crippen LogP contribution in [0.3, 0.4) is 0 Å². The predicted octanol–water partition coefficient (Wildman–Crippen LogP) is 1.04. The van der Waals surface area contributed by atoms with Gasteiger partial charge in [-0.05, 0) is 31.9 Å². The number of esters is 1. The van der Waals surface area contributed by atoms with Gasteiger partial charge in [-0.1, -0.05) is 43.7 Å². The van der Waals surface area contributed by atoms with E-state index in [2.05, 4.69) is 15.4 Å². The van der Waals surface area contributed by atoms with Crippen LogP contribution in [0.1, 0.15) is 32.8 Å². The van der Waals surface area contributed by atoms with Crippen LogP contribution in [0.15, 0.2) is 41.3 Å². The van der Waals surface area contributed by atoms with Crippen LogP contribution in [0.5, 0.6) is 0 Å². The predicted molar refractivity (Wildman–Crippen MR) is 117 cm³/mol. The molecular weight excluding hydrogens is 422 g/mol. The third-order valence-electron chi connectivity index (χ3n) is 4.22. The Labute approximate surface area is 183 Å². The molecule has 172 valence electrons. The first-order chi connectivity index (χ1) is 14.6. The number of carbonyl (C=O) groups is 3. The molecule has 0 aliphatic rings. The van der Waals surface area contributed by atoms with Gasteiger partial charge in [-0.15, -0.1) is 0 Å². The lowest BCUT2D eigenvalue weighted by atomic mass is 10.1. The van der Waals surface area contributed by atoms with Gasteiger partial charge in [0.1, 0.15) is 19.2 Å². The number of sulfonamides is 1. The van der Waals surface area contributed by atoms with Crippen LogP contribution in [-0.2, 0) is 29.1 Å². The first kappa shape index (κ1) is 26.3. The minimum atomic E-state index is -3.88. The molecule has 31 heavy (non-hydrogen) atoms. The van der Waals surface area contributed by atoms with Gasteiger partial charge in [-0.25, -0.2) is 8.42 Å². The topological polar surface area (TPSA) is 131 Å². The molecule has 0 radical (unpaired) electrons. The monoisotopic (exact) mass is 453 g/mol. The Morgan fingerprint density at radius 3 is 2.32 bits per heavy atom. The highest BCUT2D eigenvalue weighted by Crippen LogP contribution is 2.13. The van der Waals surface area contributed by atoms with Crippen LogP contribution in [-0.4, -0.2) is 51.9 Å². The van der Waals surface area contributed by atoms with Crippen molar-refractivity contribution in [1.29, 1.82) is 0 Å². The van der Waals surface area contributed by atoms with Gasteiger partial charge in [-0.2, -0.15) is 4.72 Å². The number of amides is 2. The van der Waals surface area contributed by atoms with E-state index in [0.29, 0.717) is 0 Å². The van der Waals surface area contributed by atoms with Gasteiger partial charge in [0, 0.05) is 13.0 Å². The Balaban J connectivity index is 2.52. The van der Waals surface area contributed by atoms with Crippen molar-refractivity contribution in [3.8, 4) is 0 Å². The molecule has 0 spiro atoms. The fraction of sp³-hybridized carbons (Fsp3) is 0.476. The molecule has 0 heterocycles. The van der Waals surface area contributed by atoms with Crippen molar-refractivity contribution in [1.82, 2.24) is 15.4 Å². The maximum atomic E-state index is 12.6. The van der Waals surface area contributed by atoms with Crippen LogP contribution in [0.2, 0.25) is 0 Å². The molecule has 1 aromatic carbocycles. The number of allylic oxidation sites excluding steroid dienone is 1. The molecular formula is C21H31N3O6S. The van der Waals surface area contributed by atoms with Crippen molar-refractivity contribution in [2.75, 3.05) is 19.7 Å². The summed E-state index contributed by atoms with van der Waals surface area (Å²) < 4.78 is 32.4. The zero-order valence-electron chi connectivity index (χ0n) is 18.3. The molecule has 1 aromatic rings. The van der Waals surface area contributed by atoms with Crippen LogP contribution in [0.25, 0.3) is 0 Å². The number of aryl methyl sites for hydroxylation is 1. The molecule has 0 unspecified atom stereocenters. The Hall–Kier alpha value is -2.72. The summed E-state index contributed by atoms with van der Waals surface area (Å²) in [7, 11) is -3.88. The number of hydrogen-bond acceptors (Lipinski definition) is 6. The molecule has 0 aromatic heterocycles. The zero-order chi connectivity index (χ0) is 23.4. The van der Waals surface area contributed by atoms with Crippen molar-refractivity contribution < 1.29 is 27.5 Å². The second kappa shape index (κ2) is 12.9. The second-order valence-electron chi connectivity index (χ2n) is 7.23. The van der Waals surface area contributed by atoms with Gasteiger partial charge in [0.05, 0.1) is 4.90 Å². The molecule has 0 saturated heterocycles. The summed E-state index contributed by atoms with van der Waals surface area (Å²) in [6, 6.07) is 5.29. The van der Waals surface area contributed by atoms with E-state index in [9.17, 15) is 22.8 Å². The first-order valence-electron chi connectivity index (χ1n) is 9.97. The van der Waals surface area contributed by atoms with E-state index in [-0.39, 0.29) is 36.9 Å². The second-order valence-corrected chi connectivity index (χ2v) is 8.94. The lowest BCUT2D eigenvalue weighted by Crippen LogP contribution is -2.50. The van der Waals surface area contributed by atoms with E-state index in [0.717, 1.165) is 5.56 Å². The summed E-state index contributed by atoms with van der Waals surface area (Å²) in [6.07, 6.45) is 3.33. The number of hydrogen-bond donors (Lipinski definition) is 3. The Morgan fingerprint density at radius 2 is 1.74 bits per heavy atom. The van der Waals surface area contributed by atoms with E-state index in [1.54, 1.807) is 45.1 Å². The van der Waals surface area contributed by atoms with Crippen LogP contribution in [0, 0.1) is 12.8 Å². The molecule has 0 aliphatic heterocycles. The lowest BCUT2D eigenvalue weighted by molar-refractivity contribution is -0.142. The van der Waals surface area contributed by atoms with Crippen LogP contribution >= 0.6 is 0 Å².